The number of hydrogen-bond acceptors (Lipinski definition) is 16. The molecule has 5 aliphatic heterocycles. The molecule has 4 aromatic rings. The van der Waals surface area contributed by atoms with Crippen molar-refractivity contribution < 1.29 is 33.6 Å². The van der Waals surface area contributed by atoms with E-state index in [1.807, 2.05) is 43.6 Å². The first kappa shape index (κ1) is 38.5. The van der Waals surface area contributed by atoms with Crippen molar-refractivity contribution in [3.63, 3.8) is 0 Å². The van der Waals surface area contributed by atoms with Gasteiger partial charge in [-0.3, -0.25) is 9.79 Å². The Morgan fingerprint density at radius 2 is 1.93 bits per heavy atom. The lowest BCUT2D eigenvalue weighted by atomic mass is 9.86. The van der Waals surface area contributed by atoms with Crippen LogP contribution in [0.1, 0.15) is 60.8 Å². The molecule has 6 N–H and O–H groups in total. The standard InChI is InChI=1S/C42H44N6O8S2/c1-22-12-31(50)37-33(53-22)17-32-27(38(37)51)16-35-41(2,55-32)8-11-57-58-21-28-26(15-25(46-39(28)44)19-48-18-24-6-9-45-30(24)20-48)29-13-23(14-36(43)47-29)4-5-34-42(56-34,7-3-10-49)40(52)54-35/h6,9,12-15,17,20,34-35,49,51H,3-5,7-8,10-11,16,18-19,21H2,1-2H3,(H2,43,47)(H2,44,46). The number of hydrogen-bond donors (Lipinski definition) is 4. The van der Waals surface area contributed by atoms with E-state index < -0.39 is 29.4 Å². The van der Waals surface area contributed by atoms with Crippen molar-refractivity contribution in [1.29, 1.82) is 0 Å². The smallest absolute Gasteiger partial charge is 0.341 e. The number of carbonyl (C=O) groups excluding carboxylic acids is 1. The van der Waals surface area contributed by atoms with Crippen molar-refractivity contribution in [2.24, 2.45) is 4.99 Å². The molecule has 1 saturated heterocycles. The first-order chi connectivity index (χ1) is 27.9. The Morgan fingerprint density at radius 3 is 2.76 bits per heavy atom. The van der Waals surface area contributed by atoms with Crippen molar-refractivity contribution in [3.05, 3.63) is 92.2 Å². The summed E-state index contributed by atoms with van der Waals surface area (Å²) in [7, 11) is 3.24. The Labute approximate surface area is 342 Å². The van der Waals surface area contributed by atoms with Crippen molar-refractivity contribution in [1.82, 2.24) is 14.9 Å². The molecule has 16 heteroatoms. The van der Waals surface area contributed by atoms with Crippen LogP contribution in [0, 0.1) is 6.92 Å². The quantitative estimate of drug-likeness (QED) is 0.111. The summed E-state index contributed by atoms with van der Waals surface area (Å²) in [6, 6.07) is 8.85. The summed E-state index contributed by atoms with van der Waals surface area (Å²) in [6.07, 6.45) is 6.73. The summed E-state index contributed by atoms with van der Waals surface area (Å²) in [5.41, 5.74) is 17.3. The fraction of sp³-hybridized carbons (Fsp3) is 0.405. The number of anilines is 2. The molecule has 58 heavy (non-hydrogen) atoms. The number of aliphatic hydroxyl groups excluding tert-OH is 1. The molecule has 0 spiro atoms. The van der Waals surface area contributed by atoms with Crippen LogP contribution < -0.4 is 21.6 Å². The van der Waals surface area contributed by atoms with Crippen molar-refractivity contribution in [3.8, 4) is 22.8 Å². The second-order valence-electron chi connectivity index (χ2n) is 15.7. The van der Waals surface area contributed by atoms with Gasteiger partial charge in [-0.2, -0.15) is 0 Å². The second-order valence-corrected chi connectivity index (χ2v) is 18.3. The summed E-state index contributed by atoms with van der Waals surface area (Å²) < 4.78 is 25.1. The van der Waals surface area contributed by atoms with Gasteiger partial charge in [0, 0.05) is 84.3 Å². The molecule has 9 rings (SSSR count). The summed E-state index contributed by atoms with van der Waals surface area (Å²) in [6.45, 7) is 4.72. The number of aromatic hydroxyl groups is 1. The van der Waals surface area contributed by atoms with Crippen LogP contribution in [0.2, 0.25) is 0 Å². The Bertz CT molecular complexity index is 2510. The first-order valence-corrected chi connectivity index (χ1v) is 21.9. The largest absolute Gasteiger partial charge is 0.507 e. The van der Waals surface area contributed by atoms with Gasteiger partial charge in [-0.05, 0) is 69.4 Å². The van der Waals surface area contributed by atoms with Gasteiger partial charge in [0.05, 0.1) is 29.7 Å². The van der Waals surface area contributed by atoms with E-state index in [0.717, 1.165) is 34.6 Å². The van der Waals surface area contributed by atoms with E-state index in [2.05, 4.69) is 9.89 Å². The number of pyridine rings is 2. The normalized spacial score (nSPS) is 25.2. The fourth-order valence-corrected chi connectivity index (χ4v) is 10.8. The van der Waals surface area contributed by atoms with Gasteiger partial charge in [-0.25, -0.2) is 14.8 Å². The van der Waals surface area contributed by atoms with Gasteiger partial charge in [0.2, 0.25) is 0 Å². The van der Waals surface area contributed by atoms with Crippen LogP contribution in [-0.2, 0) is 39.4 Å². The Hall–Kier alpha value is -5.03. The SMILES string of the molecule is Cc1cc(=O)c2c(O)c3c(cc2o1)OC1(C)CCSSCc2c(cc(CN4C=C5N=CC=C5C4)nc2N)-c2cc(cc(N)n2)CCC2OC2(CCCO)C(=O)OC1C3. The number of nitrogens with two attached hydrogens (primary N) is 2. The van der Waals surface area contributed by atoms with Crippen LogP contribution in [0.4, 0.5) is 11.6 Å². The number of esters is 1. The molecule has 1 aromatic carbocycles. The maximum atomic E-state index is 14.3. The third-order valence-electron chi connectivity index (χ3n) is 11.6. The highest BCUT2D eigenvalue weighted by Crippen LogP contribution is 2.49. The number of nitrogen functional groups attached to an aromatic ring is 2. The lowest BCUT2D eigenvalue weighted by Crippen LogP contribution is -2.53. The van der Waals surface area contributed by atoms with Crippen molar-refractivity contribution in [2.45, 2.75) is 88.1 Å². The molecule has 3 aromatic heterocycles. The van der Waals surface area contributed by atoms with Crippen molar-refractivity contribution >= 4 is 56.4 Å². The Balaban J connectivity index is 1.06. The fourth-order valence-electron chi connectivity index (χ4n) is 8.48. The number of phenols is 1. The van der Waals surface area contributed by atoms with Crippen LogP contribution in [0.15, 0.2) is 68.1 Å². The number of carbonyl (C=O) groups is 1. The number of nitrogens with zero attached hydrogens (tertiary/aromatic N) is 4. The zero-order valence-electron chi connectivity index (χ0n) is 32.2. The molecule has 4 atom stereocenters. The zero-order valence-corrected chi connectivity index (χ0v) is 33.8. The number of aromatic nitrogens is 2. The number of aliphatic hydroxyl groups is 1. The first-order valence-electron chi connectivity index (χ1n) is 19.4. The van der Waals surface area contributed by atoms with E-state index in [0.29, 0.717) is 78.1 Å². The highest BCUT2D eigenvalue weighted by atomic mass is 33.1. The van der Waals surface area contributed by atoms with Gasteiger partial charge in [-0.1, -0.05) is 21.6 Å². The molecule has 5 aliphatic rings. The average Bonchev–Trinajstić information content (AvgIpc) is 3.49. The van der Waals surface area contributed by atoms with E-state index in [-0.39, 0.29) is 41.6 Å². The van der Waals surface area contributed by atoms with E-state index in [9.17, 15) is 19.8 Å². The topological polar surface area (TPSA) is 212 Å². The highest BCUT2D eigenvalue weighted by molar-refractivity contribution is 8.76. The Kier molecular flexibility index (Phi) is 9.93. The number of ether oxygens (including phenoxy) is 3. The number of phenolic OH excluding ortho intramolecular Hbond substituents is 1. The summed E-state index contributed by atoms with van der Waals surface area (Å²) in [5, 5.41) is 21.3. The summed E-state index contributed by atoms with van der Waals surface area (Å²) in [5.74, 6) is 1.86. The van der Waals surface area contributed by atoms with Crippen LogP contribution >= 0.6 is 21.6 Å². The predicted molar refractivity (Wildman–Crippen MR) is 223 cm³/mol. The molecule has 0 saturated carbocycles. The second kappa shape index (κ2) is 15.0. The van der Waals surface area contributed by atoms with Gasteiger partial charge in [0.25, 0.3) is 0 Å². The molecule has 302 valence electrons. The van der Waals surface area contributed by atoms with Crippen LogP contribution in [0.5, 0.6) is 11.5 Å². The van der Waals surface area contributed by atoms with Gasteiger partial charge >= 0.3 is 5.97 Å². The molecule has 0 radical (unpaired) electrons. The minimum Gasteiger partial charge on any atom is -0.507 e. The van der Waals surface area contributed by atoms with Crippen LogP contribution in [0.3, 0.4) is 0 Å². The lowest BCUT2D eigenvalue weighted by molar-refractivity contribution is -0.169. The third kappa shape index (κ3) is 7.09. The third-order valence-corrected chi connectivity index (χ3v) is 13.9. The number of benzene rings is 1. The molecule has 14 nitrogen and oxygen atoms in total. The number of aryl methyl sites for hydroxylation is 2. The molecular weight excluding hydrogens is 781 g/mol. The van der Waals surface area contributed by atoms with E-state index in [1.165, 1.54) is 11.6 Å². The highest BCUT2D eigenvalue weighted by Gasteiger charge is 2.63. The van der Waals surface area contributed by atoms with E-state index in [1.54, 1.807) is 34.6 Å². The monoisotopic (exact) mass is 824 g/mol. The zero-order chi connectivity index (χ0) is 40.3. The number of fused-ring (bicyclic) bond motifs is 9. The molecule has 0 amide bonds. The van der Waals surface area contributed by atoms with E-state index in [4.69, 9.17) is 40.1 Å². The van der Waals surface area contributed by atoms with Gasteiger partial charge < -0.3 is 45.2 Å². The lowest BCUT2D eigenvalue weighted by Gasteiger charge is -2.42. The predicted octanol–water partition coefficient (Wildman–Crippen LogP) is 5.53. The summed E-state index contributed by atoms with van der Waals surface area (Å²) in [4.78, 5) is 43.5. The van der Waals surface area contributed by atoms with Gasteiger partial charge in [0.15, 0.2) is 11.0 Å². The number of epoxide rings is 1. The molecule has 4 unspecified atom stereocenters. The number of rotatable bonds is 5. The van der Waals surface area contributed by atoms with E-state index >= 15 is 0 Å². The van der Waals surface area contributed by atoms with Crippen LogP contribution in [-0.4, -0.2) is 79.6 Å². The minimum absolute atomic E-state index is 0.0455. The maximum Gasteiger partial charge on any atom is 0.341 e. The maximum absolute atomic E-state index is 14.3. The molecular formula is C42H44N6O8S2. The molecule has 0 aliphatic carbocycles. The minimum atomic E-state index is -1.27. The van der Waals surface area contributed by atoms with Gasteiger partial charge in [0.1, 0.15) is 51.6 Å². The molecule has 2 bridgehead atoms. The number of aliphatic imine (C=N–C) groups is 1. The average molecular weight is 825 g/mol. The van der Waals surface area contributed by atoms with Gasteiger partial charge in [-0.15, -0.1) is 0 Å². The summed E-state index contributed by atoms with van der Waals surface area (Å²) >= 11 is 0. The van der Waals surface area contributed by atoms with Crippen LogP contribution in [0.25, 0.3) is 22.2 Å². The Morgan fingerprint density at radius 1 is 1.07 bits per heavy atom. The number of allylic oxidation sites excluding steroid dienone is 1. The van der Waals surface area contributed by atoms with Crippen molar-refractivity contribution in [2.75, 3.05) is 30.4 Å². The molecule has 8 heterocycles. The molecule has 1 fully saturated rings.